The van der Waals surface area contributed by atoms with Gasteiger partial charge < -0.3 is 0 Å². The number of rotatable bonds is 2. The summed E-state index contributed by atoms with van der Waals surface area (Å²) in [5.74, 6) is -1.08. The molecule has 122 valence electrons. The largest absolute Gasteiger partial charge is 0.431 e. The van der Waals surface area contributed by atoms with E-state index in [1.807, 2.05) is 0 Å². The zero-order chi connectivity index (χ0) is 17.5. The molecule has 10 heteroatoms. The van der Waals surface area contributed by atoms with Gasteiger partial charge in [0.25, 0.3) is 10.8 Å². The molecule has 0 unspecified atom stereocenters. The summed E-state index contributed by atoms with van der Waals surface area (Å²) in [7, 11) is 0.787. The van der Waals surface area contributed by atoms with Gasteiger partial charge in [-0.3, -0.25) is 14.2 Å². The molecule has 0 amide bonds. The number of aromatic nitrogens is 2. The number of carbonyl (C=O) groups is 1. The van der Waals surface area contributed by atoms with Gasteiger partial charge in [-0.05, 0) is 29.8 Å². The molecule has 23 heavy (non-hydrogen) atoms. The lowest BCUT2D eigenvalue weighted by Crippen LogP contribution is -2.41. The van der Waals surface area contributed by atoms with Crippen molar-refractivity contribution in [1.82, 2.24) is 9.13 Å². The maximum Gasteiger partial charge on any atom is 0.431 e. The molecule has 0 aliphatic heterocycles. The molecule has 2 aromatic rings. The van der Waals surface area contributed by atoms with Crippen LogP contribution in [0.4, 0.5) is 17.6 Å². The molecule has 0 saturated heterocycles. The van der Waals surface area contributed by atoms with Crippen LogP contribution in [0.1, 0.15) is 16.1 Å². The normalized spacial score (nSPS) is 11.6. The zero-order valence-corrected chi connectivity index (χ0v) is 12.1. The average Bonchev–Trinajstić information content (AvgIpc) is 2.43. The minimum atomic E-state index is -4.93. The minimum absolute atomic E-state index is 0.163. The van der Waals surface area contributed by atoms with E-state index in [1.54, 1.807) is 0 Å². The molecule has 1 aromatic heterocycles. The van der Waals surface area contributed by atoms with Crippen molar-refractivity contribution in [2.45, 2.75) is 6.18 Å². The van der Waals surface area contributed by atoms with E-state index in [9.17, 15) is 31.9 Å². The van der Waals surface area contributed by atoms with E-state index in [4.69, 9.17) is 11.6 Å². The summed E-state index contributed by atoms with van der Waals surface area (Å²) in [6, 6.07) is 2.75. The SMILES string of the molecule is Cn1c(C(F)(F)F)cc(=O)n(-c2cc(C(=O)Cl)ccc2F)c1=O. The highest BCUT2D eigenvalue weighted by Gasteiger charge is 2.35. The molecule has 0 spiro atoms. The van der Waals surface area contributed by atoms with Gasteiger partial charge in [0.1, 0.15) is 11.5 Å². The zero-order valence-electron chi connectivity index (χ0n) is 11.3. The Morgan fingerprint density at radius 2 is 1.78 bits per heavy atom. The molecular weight excluding hydrogens is 344 g/mol. The number of hydrogen-bond acceptors (Lipinski definition) is 3. The Bertz CT molecular complexity index is 915. The Morgan fingerprint density at radius 1 is 1.17 bits per heavy atom. The van der Waals surface area contributed by atoms with E-state index >= 15 is 0 Å². The Balaban J connectivity index is 2.84. The van der Waals surface area contributed by atoms with E-state index in [2.05, 4.69) is 0 Å². The van der Waals surface area contributed by atoms with Crippen LogP contribution in [0.25, 0.3) is 5.69 Å². The second-order valence-electron chi connectivity index (χ2n) is 4.48. The molecule has 0 N–H and O–H groups in total. The van der Waals surface area contributed by atoms with E-state index in [0.29, 0.717) is 0 Å². The first-order valence-corrected chi connectivity index (χ1v) is 6.32. The third kappa shape index (κ3) is 3.04. The summed E-state index contributed by atoms with van der Waals surface area (Å²) >= 11 is 5.23. The molecule has 0 saturated carbocycles. The molecule has 2 rings (SSSR count). The van der Waals surface area contributed by atoms with Crippen molar-refractivity contribution in [3.8, 4) is 5.69 Å². The van der Waals surface area contributed by atoms with Gasteiger partial charge in [-0.1, -0.05) is 0 Å². The van der Waals surface area contributed by atoms with E-state index in [-0.39, 0.29) is 20.8 Å². The van der Waals surface area contributed by atoms with Crippen LogP contribution in [0.15, 0.2) is 33.9 Å². The van der Waals surface area contributed by atoms with Gasteiger partial charge in [-0.25, -0.2) is 13.8 Å². The number of nitrogens with zero attached hydrogens (tertiary/aromatic N) is 2. The minimum Gasteiger partial charge on any atom is -0.292 e. The van der Waals surface area contributed by atoms with Crippen LogP contribution >= 0.6 is 11.6 Å². The standard InChI is InChI=1S/C13H7ClF4N2O3/c1-19-9(13(16,17)18)5-10(21)20(12(19)23)8-4-6(11(14)22)2-3-7(8)15/h2-5H,1H3. The van der Waals surface area contributed by atoms with Crippen LogP contribution in [-0.4, -0.2) is 14.4 Å². The third-order valence-corrected chi connectivity index (χ3v) is 3.24. The number of halogens is 5. The van der Waals surface area contributed by atoms with E-state index < -0.39 is 39.9 Å². The quantitative estimate of drug-likeness (QED) is 0.615. The van der Waals surface area contributed by atoms with Crippen molar-refractivity contribution in [2.24, 2.45) is 7.05 Å². The van der Waals surface area contributed by atoms with Crippen LogP contribution in [0.5, 0.6) is 0 Å². The highest BCUT2D eigenvalue weighted by atomic mass is 35.5. The summed E-state index contributed by atoms with van der Waals surface area (Å²) in [5, 5.41) is -0.983. The van der Waals surface area contributed by atoms with Crippen molar-refractivity contribution in [2.75, 3.05) is 0 Å². The first kappa shape index (κ1) is 16.9. The Kier molecular flexibility index (Phi) is 4.16. The lowest BCUT2D eigenvalue weighted by Gasteiger charge is -2.14. The van der Waals surface area contributed by atoms with Gasteiger partial charge in [0.2, 0.25) is 0 Å². The van der Waals surface area contributed by atoms with E-state index in [0.717, 1.165) is 25.2 Å². The number of hydrogen-bond donors (Lipinski definition) is 0. The first-order valence-electron chi connectivity index (χ1n) is 5.94. The molecule has 0 aliphatic carbocycles. The van der Waals surface area contributed by atoms with Crippen molar-refractivity contribution in [1.29, 1.82) is 0 Å². The van der Waals surface area contributed by atoms with Gasteiger partial charge >= 0.3 is 11.9 Å². The molecule has 1 heterocycles. The van der Waals surface area contributed by atoms with E-state index in [1.165, 1.54) is 0 Å². The Hall–Kier alpha value is -2.42. The highest BCUT2D eigenvalue weighted by Crippen LogP contribution is 2.27. The van der Waals surface area contributed by atoms with Crippen molar-refractivity contribution in [3.63, 3.8) is 0 Å². The summed E-state index contributed by atoms with van der Waals surface area (Å²) in [6.45, 7) is 0. The Labute approximate surface area is 130 Å². The fourth-order valence-electron chi connectivity index (χ4n) is 1.93. The molecule has 5 nitrogen and oxygen atoms in total. The molecule has 0 bridgehead atoms. The average molecular weight is 351 g/mol. The molecule has 0 aliphatic rings. The van der Waals surface area contributed by atoms with Gasteiger partial charge in [0.05, 0.1) is 5.69 Å². The van der Waals surface area contributed by atoms with Crippen molar-refractivity contribution < 1.29 is 22.4 Å². The van der Waals surface area contributed by atoms with Crippen LogP contribution in [0.3, 0.4) is 0 Å². The number of benzene rings is 1. The third-order valence-electron chi connectivity index (χ3n) is 3.02. The smallest absolute Gasteiger partial charge is 0.292 e. The molecule has 0 radical (unpaired) electrons. The molecule has 0 atom stereocenters. The topological polar surface area (TPSA) is 61.1 Å². The first-order chi connectivity index (χ1) is 10.5. The van der Waals surface area contributed by atoms with Gasteiger partial charge in [-0.2, -0.15) is 13.2 Å². The lowest BCUT2D eigenvalue weighted by molar-refractivity contribution is -0.144. The maximum atomic E-state index is 13.9. The fraction of sp³-hybridized carbons (Fsp3) is 0.154. The molecular formula is C13H7ClF4N2O3. The molecule has 0 fully saturated rings. The Morgan fingerprint density at radius 3 is 2.30 bits per heavy atom. The van der Waals surface area contributed by atoms with Gasteiger partial charge in [-0.15, -0.1) is 0 Å². The van der Waals surface area contributed by atoms with Crippen molar-refractivity contribution in [3.05, 3.63) is 62.2 Å². The second kappa shape index (κ2) is 5.65. The molecule has 1 aromatic carbocycles. The van der Waals surface area contributed by atoms with Crippen LogP contribution in [0, 0.1) is 5.82 Å². The number of alkyl halides is 3. The van der Waals surface area contributed by atoms with Crippen LogP contribution in [-0.2, 0) is 13.2 Å². The van der Waals surface area contributed by atoms with Crippen molar-refractivity contribution >= 4 is 16.8 Å². The highest BCUT2D eigenvalue weighted by molar-refractivity contribution is 6.67. The number of carbonyl (C=O) groups excluding carboxylic acids is 1. The van der Waals surface area contributed by atoms with Gasteiger partial charge in [0, 0.05) is 18.7 Å². The predicted octanol–water partition coefficient (Wildman–Crippen LogP) is 2.07. The fourth-order valence-corrected chi connectivity index (χ4v) is 2.04. The maximum absolute atomic E-state index is 13.9. The van der Waals surface area contributed by atoms with Crippen LogP contribution in [0.2, 0.25) is 0 Å². The van der Waals surface area contributed by atoms with Gasteiger partial charge in [0.15, 0.2) is 0 Å². The predicted molar refractivity (Wildman–Crippen MR) is 72.4 cm³/mol. The summed E-state index contributed by atoms with van der Waals surface area (Å²) in [4.78, 5) is 35.0. The second-order valence-corrected chi connectivity index (χ2v) is 4.83. The monoisotopic (exact) mass is 350 g/mol. The lowest BCUT2D eigenvalue weighted by atomic mass is 10.2. The summed E-state index contributed by atoms with van der Waals surface area (Å²) < 4.78 is 52.5. The summed E-state index contributed by atoms with van der Waals surface area (Å²) in [6.07, 6.45) is -4.93. The van der Waals surface area contributed by atoms with Crippen LogP contribution < -0.4 is 11.2 Å². The summed E-state index contributed by atoms with van der Waals surface area (Å²) in [5.41, 5.74) is -5.18.